The topological polar surface area (TPSA) is 166 Å². The number of aliphatic hydroxyl groups is 2. The number of halogens is 1. The van der Waals surface area contributed by atoms with Crippen LogP contribution >= 0.6 is 11.6 Å². The van der Waals surface area contributed by atoms with Crippen LogP contribution in [0.3, 0.4) is 0 Å². The average Bonchev–Trinajstić information content (AvgIpc) is 2.63. The van der Waals surface area contributed by atoms with Crippen molar-refractivity contribution in [3.05, 3.63) is 50.5 Å². The lowest BCUT2D eigenvalue weighted by molar-refractivity contribution is -0.123. The Bertz CT molecular complexity index is 1270. The number of aliphatic hydroxyl groups excluding tert-OH is 2. The van der Waals surface area contributed by atoms with Gasteiger partial charge in [-0.25, -0.2) is 0 Å². The first-order valence-electron chi connectivity index (χ1n) is 8.60. The molecule has 2 unspecified atom stereocenters. The minimum absolute atomic E-state index is 0.00736. The number of ketones is 2. The maximum absolute atomic E-state index is 13.1. The fourth-order valence-electron chi connectivity index (χ4n) is 4.26. The fraction of sp³-hybridized carbons (Fsp3) is 0.211. The number of benzene rings is 1. The third kappa shape index (κ3) is 2.72. The van der Waals surface area contributed by atoms with Gasteiger partial charge in [0.25, 0.3) is 10.1 Å². The molecule has 1 aromatic carbocycles. The number of phenolic OH excluding ortho intramolecular Hbond substituents is 1. The van der Waals surface area contributed by atoms with Crippen LogP contribution in [0.15, 0.2) is 39.2 Å². The fourth-order valence-corrected chi connectivity index (χ4v) is 5.20. The predicted molar refractivity (Wildman–Crippen MR) is 102 cm³/mol. The Morgan fingerprint density at radius 3 is 2.40 bits per heavy atom. The van der Waals surface area contributed by atoms with E-state index < -0.39 is 66.8 Å². The van der Waals surface area contributed by atoms with Gasteiger partial charge in [-0.3, -0.25) is 18.9 Å². The maximum atomic E-state index is 13.1. The molecule has 11 heteroatoms. The number of hydrogen-bond donors (Lipinski definition) is 4. The van der Waals surface area contributed by atoms with E-state index in [1.807, 2.05) is 0 Å². The van der Waals surface area contributed by atoms with Gasteiger partial charge >= 0.3 is 0 Å². The van der Waals surface area contributed by atoms with Crippen molar-refractivity contribution in [1.82, 2.24) is 0 Å². The third-order valence-electron chi connectivity index (χ3n) is 5.56. The Balaban J connectivity index is 1.96. The van der Waals surface area contributed by atoms with Crippen LogP contribution in [-0.2, 0) is 19.7 Å². The molecule has 1 aromatic rings. The van der Waals surface area contributed by atoms with E-state index in [0.29, 0.717) is 0 Å². The summed E-state index contributed by atoms with van der Waals surface area (Å²) in [7, 11) is -4.91. The van der Waals surface area contributed by atoms with Crippen molar-refractivity contribution in [2.75, 3.05) is 0 Å². The summed E-state index contributed by atoms with van der Waals surface area (Å²) in [6.45, 7) is 0. The molecular weight excluding hydrogens is 440 g/mol. The highest BCUT2D eigenvalue weighted by molar-refractivity contribution is 7.86. The van der Waals surface area contributed by atoms with Gasteiger partial charge < -0.3 is 15.3 Å². The summed E-state index contributed by atoms with van der Waals surface area (Å²) in [5.41, 5.74) is -1.08. The number of aldehydes is 1. The molecular formula is C19H13ClO9S. The minimum atomic E-state index is -4.91. The second-order valence-corrected chi connectivity index (χ2v) is 9.01. The molecule has 0 saturated carbocycles. The Hall–Kier alpha value is -2.95. The van der Waals surface area contributed by atoms with E-state index in [4.69, 9.17) is 11.6 Å². The van der Waals surface area contributed by atoms with Crippen LogP contribution in [0.1, 0.15) is 28.8 Å². The van der Waals surface area contributed by atoms with Crippen molar-refractivity contribution >= 4 is 45.6 Å². The van der Waals surface area contributed by atoms with Crippen molar-refractivity contribution in [1.29, 1.82) is 0 Å². The molecule has 4 rings (SSSR count). The Morgan fingerprint density at radius 2 is 1.80 bits per heavy atom. The van der Waals surface area contributed by atoms with Gasteiger partial charge in [0.05, 0.1) is 27.7 Å². The molecule has 0 fully saturated rings. The summed E-state index contributed by atoms with van der Waals surface area (Å²) >= 11 is 6.08. The third-order valence-corrected chi connectivity index (χ3v) is 6.74. The van der Waals surface area contributed by atoms with E-state index in [2.05, 4.69) is 0 Å². The van der Waals surface area contributed by atoms with Crippen molar-refractivity contribution in [2.45, 2.75) is 17.7 Å². The molecule has 2 atom stereocenters. The van der Waals surface area contributed by atoms with Crippen molar-refractivity contribution in [3.63, 3.8) is 0 Å². The lowest BCUT2D eigenvalue weighted by atomic mass is 9.66. The number of fused-ring (bicyclic) bond motifs is 3. The van der Waals surface area contributed by atoms with Crippen LogP contribution in [0.5, 0.6) is 5.75 Å². The van der Waals surface area contributed by atoms with E-state index in [1.54, 1.807) is 0 Å². The van der Waals surface area contributed by atoms with E-state index in [1.165, 1.54) is 6.08 Å². The summed E-state index contributed by atoms with van der Waals surface area (Å²) in [4.78, 5) is 35.9. The first-order valence-corrected chi connectivity index (χ1v) is 10.4. The highest BCUT2D eigenvalue weighted by Crippen LogP contribution is 2.49. The molecule has 0 aliphatic heterocycles. The normalized spacial score (nSPS) is 23.6. The molecule has 9 nitrogen and oxygen atoms in total. The summed E-state index contributed by atoms with van der Waals surface area (Å²) in [6, 6.07) is 0.796. The van der Waals surface area contributed by atoms with E-state index >= 15 is 0 Å². The zero-order chi connectivity index (χ0) is 22.1. The van der Waals surface area contributed by atoms with Gasteiger partial charge in [0.2, 0.25) is 5.78 Å². The number of rotatable bonds is 2. The molecule has 0 spiro atoms. The molecule has 0 bridgehead atoms. The number of Topliss-reactive ketones (excluding diaryl/α,β-unsaturated/α-hetero) is 2. The molecule has 0 heterocycles. The first kappa shape index (κ1) is 20.3. The van der Waals surface area contributed by atoms with Gasteiger partial charge in [-0.1, -0.05) is 11.6 Å². The number of hydrogen-bond acceptors (Lipinski definition) is 8. The van der Waals surface area contributed by atoms with Gasteiger partial charge in [0.1, 0.15) is 22.2 Å². The number of phenols is 1. The SMILES string of the molecule is O=CC1=C(O)CC2CC3=Cc4c(Cl)cc(S(=O)(=O)O)c(O)c4C(=O)C3=C(O)C2C1=O. The predicted octanol–water partition coefficient (Wildman–Crippen LogP) is 2.30. The summed E-state index contributed by atoms with van der Waals surface area (Å²) in [6.07, 6.45) is 1.56. The van der Waals surface area contributed by atoms with Gasteiger partial charge in [-0.2, -0.15) is 8.42 Å². The van der Waals surface area contributed by atoms with Crippen LogP contribution in [0.25, 0.3) is 6.08 Å². The van der Waals surface area contributed by atoms with E-state index in [9.17, 15) is 42.7 Å². The van der Waals surface area contributed by atoms with Gasteiger partial charge in [0.15, 0.2) is 12.1 Å². The molecule has 156 valence electrons. The minimum Gasteiger partial charge on any atom is -0.511 e. The van der Waals surface area contributed by atoms with Gasteiger partial charge in [0, 0.05) is 12.0 Å². The monoisotopic (exact) mass is 452 g/mol. The zero-order valence-corrected chi connectivity index (χ0v) is 16.5. The largest absolute Gasteiger partial charge is 0.511 e. The molecule has 3 aliphatic carbocycles. The molecule has 0 saturated heterocycles. The van der Waals surface area contributed by atoms with Crippen molar-refractivity contribution < 1.29 is 42.7 Å². The second kappa shape index (κ2) is 6.53. The summed E-state index contributed by atoms with van der Waals surface area (Å²) in [5.74, 6) is -5.77. The van der Waals surface area contributed by atoms with Crippen LogP contribution in [0.2, 0.25) is 5.02 Å². The number of carbonyl (C=O) groups is 3. The second-order valence-electron chi connectivity index (χ2n) is 7.22. The average molecular weight is 453 g/mol. The van der Waals surface area contributed by atoms with E-state index in [0.717, 1.165) is 6.07 Å². The molecule has 0 radical (unpaired) electrons. The highest BCUT2D eigenvalue weighted by atomic mass is 35.5. The van der Waals surface area contributed by atoms with Crippen LogP contribution < -0.4 is 0 Å². The Kier molecular flexibility index (Phi) is 4.42. The van der Waals surface area contributed by atoms with Crippen LogP contribution in [-0.4, -0.2) is 46.1 Å². The molecule has 0 amide bonds. The Labute approximate surface area is 174 Å². The standard InChI is InChI=1S/C19H13ClO9S/c20-10-4-12(30(27,28)29)17(24)15-8(10)2-6-1-7-3-11(22)9(5-21)16(23)13(7)18(25)14(6)19(15)26/h2,4-5,7,13,22,24-25H,1,3H2,(H,27,28,29). The van der Waals surface area contributed by atoms with Crippen molar-refractivity contribution in [2.24, 2.45) is 11.8 Å². The number of carbonyl (C=O) groups excluding carboxylic acids is 3. The number of aromatic hydroxyl groups is 1. The summed E-state index contributed by atoms with van der Waals surface area (Å²) in [5, 5.41) is 30.8. The molecule has 0 aromatic heterocycles. The van der Waals surface area contributed by atoms with E-state index in [-0.39, 0.29) is 40.9 Å². The van der Waals surface area contributed by atoms with Gasteiger partial charge in [-0.15, -0.1) is 0 Å². The Morgan fingerprint density at radius 1 is 1.13 bits per heavy atom. The quantitative estimate of drug-likeness (QED) is 0.299. The molecule has 3 aliphatic rings. The maximum Gasteiger partial charge on any atom is 0.298 e. The highest BCUT2D eigenvalue weighted by Gasteiger charge is 2.47. The molecule has 4 N–H and O–H groups in total. The molecule has 30 heavy (non-hydrogen) atoms. The summed E-state index contributed by atoms with van der Waals surface area (Å²) < 4.78 is 32.3. The van der Waals surface area contributed by atoms with Crippen LogP contribution in [0, 0.1) is 11.8 Å². The first-order chi connectivity index (χ1) is 14.0. The lowest BCUT2D eigenvalue weighted by Gasteiger charge is -2.37. The van der Waals surface area contributed by atoms with Gasteiger partial charge in [-0.05, 0) is 30.1 Å². The number of allylic oxidation sites excluding steroid dienone is 5. The smallest absolute Gasteiger partial charge is 0.298 e. The lowest BCUT2D eigenvalue weighted by Crippen LogP contribution is -2.38. The van der Waals surface area contributed by atoms with Crippen molar-refractivity contribution in [3.8, 4) is 5.75 Å². The zero-order valence-electron chi connectivity index (χ0n) is 14.9. The van der Waals surface area contributed by atoms with Crippen LogP contribution in [0.4, 0.5) is 0 Å².